The number of carbonyl (C=O) groups excluding carboxylic acids is 4. The first-order valence-electron chi connectivity index (χ1n) is 9.80. The molecule has 0 aliphatic heterocycles. The number of aromatic carboxylic acids is 2. The normalized spacial score (nSPS) is 9.03. The summed E-state index contributed by atoms with van der Waals surface area (Å²) in [4.78, 5) is 49.0. The number of carboxylic acids is 2. The number of carboxylic acid groups (broad SMARTS) is 2. The number of pyridine rings is 2. The van der Waals surface area contributed by atoms with E-state index in [1.54, 1.807) is 12.4 Å². The molecule has 0 atom stereocenters. The number of aldehydes is 2. The number of carbonyl (C=O) groups is 4. The number of aromatic nitrogens is 2. The van der Waals surface area contributed by atoms with Crippen molar-refractivity contribution in [1.82, 2.24) is 9.97 Å². The molecule has 2 heterocycles. The van der Waals surface area contributed by atoms with E-state index in [-0.39, 0.29) is 28.2 Å². The largest absolute Gasteiger partial charge is 2.00 e. The molecule has 0 N–H and O–H groups in total. The van der Waals surface area contributed by atoms with Crippen molar-refractivity contribution in [2.24, 2.45) is 0 Å². The molecule has 4 aromatic rings. The van der Waals surface area contributed by atoms with Crippen LogP contribution in [0.25, 0.3) is 11.4 Å². The van der Waals surface area contributed by atoms with Gasteiger partial charge in [-0.3, -0.25) is 19.6 Å². The van der Waals surface area contributed by atoms with Crippen LogP contribution in [0.4, 0.5) is 0 Å². The van der Waals surface area contributed by atoms with Gasteiger partial charge in [0.2, 0.25) is 0 Å². The summed E-state index contributed by atoms with van der Waals surface area (Å²) in [7, 11) is 0. The molecule has 4 rings (SSSR count). The molecule has 9 heteroatoms. The number of benzene rings is 2. The van der Waals surface area contributed by atoms with E-state index in [1.807, 2.05) is 36.4 Å². The first-order chi connectivity index (χ1) is 16.4. The minimum Gasteiger partial charge on any atom is -0.545 e. The first kappa shape index (κ1) is 28.6. The Labute approximate surface area is 211 Å². The van der Waals surface area contributed by atoms with E-state index in [1.165, 1.54) is 48.5 Å². The van der Waals surface area contributed by atoms with E-state index in [9.17, 15) is 29.4 Å². The molecule has 0 saturated heterocycles. The monoisotopic (exact) mass is 517 g/mol. The molecule has 179 valence electrons. The third-order valence-electron chi connectivity index (χ3n) is 4.16. The molecule has 0 spiro atoms. The Bertz CT molecular complexity index is 1120. The summed E-state index contributed by atoms with van der Waals surface area (Å²) in [5, 5.41) is 20.4. The molecule has 0 saturated carbocycles. The summed E-state index contributed by atoms with van der Waals surface area (Å²) in [6.07, 6.45) is 4.84. The fraction of sp³-hybridized carbons (Fsp3) is 0. The van der Waals surface area contributed by atoms with Gasteiger partial charge in [0.1, 0.15) is 12.6 Å². The number of hydrogen-bond acceptors (Lipinski definition) is 8. The van der Waals surface area contributed by atoms with Gasteiger partial charge in [0.15, 0.2) is 0 Å². The zero-order valence-electron chi connectivity index (χ0n) is 18.0. The van der Waals surface area contributed by atoms with Crippen molar-refractivity contribution >= 4 is 24.5 Å². The van der Waals surface area contributed by atoms with Crippen LogP contribution in [0.1, 0.15) is 41.4 Å². The average Bonchev–Trinajstić information content (AvgIpc) is 2.90. The van der Waals surface area contributed by atoms with Gasteiger partial charge in [-0.05, 0) is 35.4 Å². The van der Waals surface area contributed by atoms with Crippen molar-refractivity contribution in [3.8, 4) is 11.4 Å². The molecule has 35 heavy (non-hydrogen) atoms. The average molecular weight is 518 g/mol. The fourth-order valence-corrected chi connectivity index (χ4v) is 2.42. The van der Waals surface area contributed by atoms with Crippen molar-refractivity contribution < 1.29 is 46.5 Å². The minimum atomic E-state index is -1.23. The fourth-order valence-electron chi connectivity index (χ4n) is 2.42. The van der Waals surface area contributed by atoms with Crippen LogP contribution in [0.5, 0.6) is 0 Å². The van der Waals surface area contributed by atoms with Crippen LogP contribution in [0, 0.1) is 0 Å². The van der Waals surface area contributed by atoms with E-state index in [0.717, 1.165) is 11.4 Å². The molecule has 1 radical (unpaired) electrons. The predicted molar refractivity (Wildman–Crippen MR) is 120 cm³/mol. The standard InChI is InChI=1S/C10H8N2.2C8H6O3.Cu/c1-3-7-11-9(5-1)10-6-2-4-8-12-10;2*9-5-6-1-3-7(4-2-6)8(10)11;/h1-8H;2*1-5H,(H,10,11);/q;;;+2/p-2. The second-order valence-corrected chi connectivity index (χ2v) is 6.48. The van der Waals surface area contributed by atoms with E-state index in [2.05, 4.69) is 9.97 Å². The summed E-state index contributed by atoms with van der Waals surface area (Å²) in [5.74, 6) is -2.47. The predicted octanol–water partition coefficient (Wildman–Crippen LogP) is 1.87. The van der Waals surface area contributed by atoms with E-state index < -0.39 is 11.9 Å². The van der Waals surface area contributed by atoms with Crippen LogP contribution in [0.2, 0.25) is 0 Å². The zero-order chi connectivity index (χ0) is 24.8. The maximum atomic E-state index is 10.2. The molecule has 0 bridgehead atoms. The van der Waals surface area contributed by atoms with E-state index in [0.29, 0.717) is 23.7 Å². The van der Waals surface area contributed by atoms with Gasteiger partial charge in [0, 0.05) is 23.5 Å². The Morgan fingerprint density at radius 2 is 0.914 bits per heavy atom. The van der Waals surface area contributed by atoms with Crippen LogP contribution < -0.4 is 10.2 Å². The Balaban J connectivity index is 0.000000259. The van der Waals surface area contributed by atoms with Crippen molar-refractivity contribution in [3.63, 3.8) is 0 Å². The Morgan fingerprint density at radius 1 is 0.571 bits per heavy atom. The zero-order valence-corrected chi connectivity index (χ0v) is 19.0. The minimum absolute atomic E-state index is 0. The molecule has 2 aromatic carbocycles. The molecule has 0 unspecified atom stereocenters. The maximum Gasteiger partial charge on any atom is 2.00 e. The molecule has 0 amide bonds. The van der Waals surface area contributed by atoms with Gasteiger partial charge >= 0.3 is 17.1 Å². The maximum absolute atomic E-state index is 10.2. The summed E-state index contributed by atoms with van der Waals surface area (Å²) in [5.41, 5.74) is 2.90. The van der Waals surface area contributed by atoms with Gasteiger partial charge < -0.3 is 19.8 Å². The first-order valence-corrected chi connectivity index (χ1v) is 9.80. The third kappa shape index (κ3) is 9.91. The summed E-state index contributed by atoms with van der Waals surface area (Å²) < 4.78 is 0. The summed E-state index contributed by atoms with van der Waals surface area (Å²) >= 11 is 0. The van der Waals surface area contributed by atoms with Crippen LogP contribution in [-0.2, 0) is 17.1 Å². The van der Waals surface area contributed by atoms with Gasteiger partial charge in [-0.25, -0.2) is 0 Å². The van der Waals surface area contributed by atoms with Gasteiger partial charge in [0.25, 0.3) is 0 Å². The molecule has 8 nitrogen and oxygen atoms in total. The quantitative estimate of drug-likeness (QED) is 0.288. The van der Waals surface area contributed by atoms with Crippen LogP contribution in [0.15, 0.2) is 97.3 Å². The number of rotatable bonds is 5. The van der Waals surface area contributed by atoms with E-state index >= 15 is 0 Å². The Kier molecular flexibility index (Phi) is 12.6. The summed E-state index contributed by atoms with van der Waals surface area (Å²) in [6.45, 7) is 0. The van der Waals surface area contributed by atoms with Gasteiger partial charge in [-0.2, -0.15) is 0 Å². The van der Waals surface area contributed by atoms with E-state index in [4.69, 9.17) is 0 Å². The van der Waals surface area contributed by atoms with Crippen molar-refractivity contribution in [1.29, 1.82) is 0 Å². The van der Waals surface area contributed by atoms with Crippen molar-refractivity contribution in [2.75, 3.05) is 0 Å². The van der Waals surface area contributed by atoms with Gasteiger partial charge in [-0.15, -0.1) is 0 Å². The van der Waals surface area contributed by atoms with Crippen LogP contribution in [-0.4, -0.2) is 34.5 Å². The SMILES string of the molecule is O=Cc1ccc(C(=O)[O-])cc1.O=Cc1ccc(C(=O)[O-])cc1.[Cu+2].c1ccc(-c2ccccn2)nc1. The topological polar surface area (TPSA) is 140 Å². The molecule has 0 aliphatic carbocycles. The Hall–Kier alpha value is -4.46. The summed E-state index contributed by atoms with van der Waals surface area (Å²) in [6, 6.07) is 22.6. The third-order valence-corrected chi connectivity index (χ3v) is 4.16. The number of nitrogens with zero attached hydrogens (tertiary/aromatic N) is 2. The number of hydrogen-bond donors (Lipinski definition) is 0. The van der Waals surface area contributed by atoms with Crippen LogP contribution in [0.3, 0.4) is 0 Å². The second kappa shape index (κ2) is 15.4. The van der Waals surface area contributed by atoms with Crippen molar-refractivity contribution in [3.05, 3.63) is 120 Å². The molecule has 0 fully saturated rings. The molecular weight excluding hydrogens is 500 g/mol. The molecular formula is C26H18CuN2O6. The molecule has 0 aliphatic rings. The molecule has 2 aromatic heterocycles. The van der Waals surface area contributed by atoms with Gasteiger partial charge in [-0.1, -0.05) is 60.7 Å². The smallest absolute Gasteiger partial charge is 0.545 e. The van der Waals surface area contributed by atoms with Crippen LogP contribution >= 0.6 is 0 Å². The van der Waals surface area contributed by atoms with Crippen molar-refractivity contribution in [2.45, 2.75) is 0 Å². The van der Waals surface area contributed by atoms with Gasteiger partial charge in [0.05, 0.1) is 23.3 Å². The second-order valence-electron chi connectivity index (χ2n) is 6.48. The Morgan fingerprint density at radius 3 is 1.14 bits per heavy atom.